The maximum atomic E-state index is 13.5. The van der Waals surface area contributed by atoms with Crippen LogP contribution in [0.3, 0.4) is 0 Å². The number of rotatable bonds is 2. The molecule has 0 aliphatic heterocycles. The van der Waals surface area contributed by atoms with Gasteiger partial charge in [-0.1, -0.05) is 50.1 Å². The van der Waals surface area contributed by atoms with Crippen LogP contribution >= 0.6 is 31.9 Å². The molecule has 2 heterocycles. The van der Waals surface area contributed by atoms with Gasteiger partial charge >= 0.3 is 0 Å². The number of hydrogen-bond acceptors (Lipinski definition) is 3. The van der Waals surface area contributed by atoms with Crippen molar-refractivity contribution in [2.75, 3.05) is 0 Å². The lowest BCUT2D eigenvalue weighted by molar-refractivity contribution is 0.630. The number of pyridine rings is 2. The molecule has 0 fully saturated rings. The molecule has 0 radical (unpaired) electrons. The molecule has 0 bridgehead atoms. The molecule has 0 aliphatic rings. The van der Waals surface area contributed by atoms with Gasteiger partial charge in [-0.2, -0.15) is 5.26 Å². The maximum Gasteiger partial charge on any atom is 0.133 e. The highest BCUT2D eigenvalue weighted by molar-refractivity contribution is 9.10. The predicted molar refractivity (Wildman–Crippen MR) is 119 cm³/mol. The zero-order chi connectivity index (χ0) is 20.6. The van der Waals surface area contributed by atoms with E-state index in [-0.39, 0.29) is 5.82 Å². The lowest BCUT2D eigenvalue weighted by Crippen LogP contribution is -1.86. The first-order chi connectivity index (χ1) is 14.1. The van der Waals surface area contributed by atoms with E-state index in [9.17, 15) is 4.39 Å². The van der Waals surface area contributed by atoms with E-state index in [0.717, 1.165) is 20.2 Å². The second-order valence-corrected chi connectivity index (χ2v) is 7.69. The summed E-state index contributed by atoms with van der Waals surface area (Å²) < 4.78 is 15.1. The smallest absolute Gasteiger partial charge is 0.133 e. The molecular weight excluding hydrogens is 497 g/mol. The summed E-state index contributed by atoms with van der Waals surface area (Å²) in [6.45, 7) is 0. The summed E-state index contributed by atoms with van der Waals surface area (Å²) >= 11 is 6.55. The van der Waals surface area contributed by atoms with E-state index in [1.54, 1.807) is 42.7 Å². The van der Waals surface area contributed by atoms with Crippen molar-refractivity contribution in [1.29, 1.82) is 5.26 Å². The van der Waals surface area contributed by atoms with E-state index < -0.39 is 0 Å². The van der Waals surface area contributed by atoms with Crippen LogP contribution in [0.2, 0.25) is 0 Å². The molecule has 6 heteroatoms. The average Bonchev–Trinajstić information content (AvgIpc) is 2.75. The fourth-order valence-corrected chi connectivity index (χ4v) is 3.27. The SMILES string of the molecule is Fc1cc(Br)ccc1-c1ccccn1.N#Cc1cc(Br)ccc1-c1ccccn1. The normalized spacial score (nSPS) is 9.86. The fraction of sp³-hybridized carbons (Fsp3) is 0. The number of nitrogens with zero attached hydrogens (tertiary/aromatic N) is 3. The molecule has 0 spiro atoms. The molecule has 0 atom stereocenters. The third kappa shape index (κ3) is 5.57. The largest absolute Gasteiger partial charge is 0.256 e. The van der Waals surface area contributed by atoms with Gasteiger partial charge in [-0.15, -0.1) is 0 Å². The lowest BCUT2D eigenvalue weighted by atomic mass is 10.1. The Morgan fingerprint density at radius 2 is 1.28 bits per heavy atom. The second-order valence-electron chi connectivity index (χ2n) is 5.86. The van der Waals surface area contributed by atoms with Crippen molar-refractivity contribution >= 4 is 31.9 Å². The van der Waals surface area contributed by atoms with Crippen molar-refractivity contribution in [2.24, 2.45) is 0 Å². The summed E-state index contributed by atoms with van der Waals surface area (Å²) in [5.41, 5.74) is 3.48. The molecule has 0 saturated heterocycles. The zero-order valence-corrected chi connectivity index (χ0v) is 18.2. The summed E-state index contributed by atoms with van der Waals surface area (Å²) in [5, 5.41) is 9.01. The highest BCUT2D eigenvalue weighted by atomic mass is 79.9. The van der Waals surface area contributed by atoms with Crippen LogP contribution in [0.4, 0.5) is 4.39 Å². The molecule has 2 aromatic heterocycles. The summed E-state index contributed by atoms with van der Waals surface area (Å²) in [6, 6.07) is 23.8. The van der Waals surface area contributed by atoms with E-state index in [1.165, 1.54) is 6.07 Å². The molecule has 0 unspecified atom stereocenters. The molecule has 29 heavy (non-hydrogen) atoms. The van der Waals surface area contributed by atoms with Gasteiger partial charge < -0.3 is 0 Å². The monoisotopic (exact) mass is 509 g/mol. The van der Waals surface area contributed by atoms with Crippen molar-refractivity contribution < 1.29 is 4.39 Å². The number of nitriles is 1. The number of hydrogen-bond donors (Lipinski definition) is 0. The maximum absolute atomic E-state index is 13.5. The van der Waals surface area contributed by atoms with E-state index in [2.05, 4.69) is 47.9 Å². The summed E-state index contributed by atoms with van der Waals surface area (Å²) in [7, 11) is 0. The minimum Gasteiger partial charge on any atom is -0.256 e. The average molecular weight is 511 g/mol. The molecule has 0 amide bonds. The standard InChI is InChI=1S/C12H7BrN2.C11H7BrFN/c13-10-4-5-11(9(7-10)8-14)12-3-1-2-6-15-12;12-8-4-5-9(10(13)7-8)11-3-1-2-6-14-11/h1-7H;1-7H. The minimum absolute atomic E-state index is 0.266. The first-order valence-electron chi connectivity index (χ1n) is 8.56. The van der Waals surface area contributed by atoms with Crippen LogP contribution in [0, 0.1) is 17.1 Å². The summed E-state index contributed by atoms with van der Waals surface area (Å²) in [6.07, 6.45) is 3.37. The van der Waals surface area contributed by atoms with Gasteiger partial charge in [0.05, 0.1) is 23.0 Å². The van der Waals surface area contributed by atoms with Gasteiger partial charge in [0.15, 0.2) is 0 Å². The Bertz CT molecular complexity index is 1140. The van der Waals surface area contributed by atoms with E-state index in [1.807, 2.05) is 36.4 Å². The van der Waals surface area contributed by atoms with E-state index >= 15 is 0 Å². The third-order valence-electron chi connectivity index (χ3n) is 3.91. The molecule has 0 N–H and O–H groups in total. The molecule has 3 nitrogen and oxygen atoms in total. The van der Waals surface area contributed by atoms with Crippen LogP contribution in [-0.2, 0) is 0 Å². The molecule has 4 rings (SSSR count). The highest BCUT2D eigenvalue weighted by Crippen LogP contribution is 2.24. The van der Waals surface area contributed by atoms with Crippen LogP contribution in [0.1, 0.15) is 5.56 Å². The van der Waals surface area contributed by atoms with Gasteiger partial charge in [0, 0.05) is 32.5 Å². The molecular formula is C23H14Br2FN3. The van der Waals surface area contributed by atoms with Crippen molar-refractivity contribution in [3.05, 3.63) is 106 Å². The van der Waals surface area contributed by atoms with Gasteiger partial charge in [0.25, 0.3) is 0 Å². The van der Waals surface area contributed by atoms with Gasteiger partial charge in [0.1, 0.15) is 5.82 Å². The van der Waals surface area contributed by atoms with E-state index in [4.69, 9.17) is 5.26 Å². The Labute approximate surface area is 185 Å². The number of aromatic nitrogens is 2. The van der Waals surface area contributed by atoms with Crippen LogP contribution in [0.15, 0.2) is 94.1 Å². The van der Waals surface area contributed by atoms with Gasteiger partial charge in [0.2, 0.25) is 0 Å². The van der Waals surface area contributed by atoms with Crippen molar-refractivity contribution in [2.45, 2.75) is 0 Å². The minimum atomic E-state index is -0.266. The quantitative estimate of drug-likeness (QED) is 0.290. The molecule has 2 aromatic carbocycles. The molecule has 0 aliphatic carbocycles. The van der Waals surface area contributed by atoms with Gasteiger partial charge in [-0.25, -0.2) is 4.39 Å². The first-order valence-corrected chi connectivity index (χ1v) is 10.1. The van der Waals surface area contributed by atoms with Crippen LogP contribution in [-0.4, -0.2) is 9.97 Å². The Morgan fingerprint density at radius 1 is 0.724 bits per heavy atom. The lowest BCUT2D eigenvalue weighted by Gasteiger charge is -2.02. The highest BCUT2D eigenvalue weighted by Gasteiger charge is 2.06. The van der Waals surface area contributed by atoms with Crippen molar-refractivity contribution in [1.82, 2.24) is 9.97 Å². The van der Waals surface area contributed by atoms with Crippen LogP contribution in [0.5, 0.6) is 0 Å². The summed E-state index contributed by atoms with van der Waals surface area (Å²) in [4.78, 5) is 8.31. The molecule has 4 aromatic rings. The number of halogens is 3. The van der Waals surface area contributed by atoms with Crippen molar-refractivity contribution in [3.8, 4) is 28.6 Å². The Hall–Kier alpha value is -2.88. The van der Waals surface area contributed by atoms with Crippen LogP contribution < -0.4 is 0 Å². The summed E-state index contributed by atoms with van der Waals surface area (Å²) in [5.74, 6) is -0.266. The second kappa shape index (κ2) is 10.1. The van der Waals surface area contributed by atoms with Gasteiger partial charge in [-0.3, -0.25) is 9.97 Å². The zero-order valence-electron chi connectivity index (χ0n) is 15.1. The fourth-order valence-electron chi connectivity index (χ4n) is 2.57. The van der Waals surface area contributed by atoms with Gasteiger partial charge in [-0.05, 0) is 54.6 Å². The molecule has 142 valence electrons. The topological polar surface area (TPSA) is 49.6 Å². The first kappa shape index (κ1) is 20.8. The Kier molecular flexibility index (Phi) is 7.23. The third-order valence-corrected chi connectivity index (χ3v) is 4.90. The van der Waals surface area contributed by atoms with E-state index in [0.29, 0.717) is 16.8 Å². The number of benzene rings is 2. The Balaban J connectivity index is 0.000000166. The predicted octanol–water partition coefficient (Wildman–Crippen LogP) is 7.03. The Morgan fingerprint density at radius 3 is 1.79 bits per heavy atom. The van der Waals surface area contributed by atoms with Crippen LogP contribution in [0.25, 0.3) is 22.5 Å². The molecule has 0 saturated carbocycles. The van der Waals surface area contributed by atoms with Crippen molar-refractivity contribution in [3.63, 3.8) is 0 Å².